The van der Waals surface area contributed by atoms with E-state index in [9.17, 15) is 9.59 Å². The second kappa shape index (κ2) is 8.95. The topological polar surface area (TPSA) is 46.6 Å². The van der Waals surface area contributed by atoms with Crippen molar-refractivity contribution < 1.29 is 14.3 Å². The third-order valence-corrected chi connectivity index (χ3v) is 5.44. The van der Waals surface area contributed by atoms with Crippen molar-refractivity contribution in [1.29, 1.82) is 0 Å². The molecule has 0 spiro atoms. The first-order valence-electron chi connectivity index (χ1n) is 10.3. The number of benzene rings is 3. The van der Waals surface area contributed by atoms with Crippen LogP contribution < -0.4 is 4.90 Å². The van der Waals surface area contributed by atoms with Crippen LogP contribution in [0.2, 0.25) is 0 Å². The molecule has 0 unspecified atom stereocenters. The molecule has 4 rings (SSSR count). The molecule has 0 saturated heterocycles. The van der Waals surface area contributed by atoms with Gasteiger partial charge >= 0.3 is 5.97 Å². The molecule has 0 aromatic heterocycles. The van der Waals surface area contributed by atoms with Gasteiger partial charge in [0, 0.05) is 12.2 Å². The molecule has 1 aliphatic heterocycles. The van der Waals surface area contributed by atoms with Crippen molar-refractivity contribution >= 4 is 17.6 Å². The lowest BCUT2D eigenvalue weighted by molar-refractivity contribution is -0.153. The van der Waals surface area contributed by atoms with E-state index in [0.717, 1.165) is 40.8 Å². The number of hydrogen-bond donors (Lipinski definition) is 0. The van der Waals surface area contributed by atoms with Crippen LogP contribution in [0, 0.1) is 0 Å². The monoisotopic (exact) mass is 399 g/mol. The predicted molar refractivity (Wildman–Crippen MR) is 118 cm³/mol. The lowest BCUT2D eigenvalue weighted by atomic mass is 10.0. The number of rotatable bonds is 5. The molecule has 152 valence electrons. The maximum Gasteiger partial charge on any atom is 0.311 e. The fourth-order valence-electron chi connectivity index (χ4n) is 3.88. The van der Waals surface area contributed by atoms with E-state index in [4.69, 9.17) is 4.74 Å². The minimum absolute atomic E-state index is 0.142. The lowest BCUT2D eigenvalue weighted by Crippen LogP contribution is -2.42. The van der Waals surface area contributed by atoms with Crippen LogP contribution in [-0.4, -0.2) is 24.5 Å². The third kappa shape index (κ3) is 4.43. The van der Waals surface area contributed by atoms with Gasteiger partial charge in [0.1, 0.15) is 0 Å². The zero-order valence-corrected chi connectivity index (χ0v) is 17.1. The Morgan fingerprint density at radius 1 is 0.900 bits per heavy atom. The molecule has 1 amide bonds. The van der Waals surface area contributed by atoms with Crippen LogP contribution in [0.1, 0.15) is 24.5 Å². The van der Waals surface area contributed by atoms with Gasteiger partial charge < -0.3 is 9.64 Å². The van der Waals surface area contributed by atoms with Crippen molar-refractivity contribution in [2.24, 2.45) is 0 Å². The largest absolute Gasteiger partial charge is 0.452 e. The standard InChI is InChI=1S/C26H25NO3/c1-19(26(29)27-17-7-11-23-10-5-6-12-24(23)27)30-25(28)18-20-13-15-22(16-14-20)21-8-3-2-4-9-21/h2-6,8-10,12-16,19H,7,11,17-18H2,1H3/t19-/m0/s1. The normalized spacial score (nSPS) is 14.0. The van der Waals surface area contributed by atoms with Crippen molar-refractivity contribution in [2.75, 3.05) is 11.4 Å². The zero-order valence-electron chi connectivity index (χ0n) is 17.1. The van der Waals surface area contributed by atoms with E-state index in [2.05, 4.69) is 12.1 Å². The smallest absolute Gasteiger partial charge is 0.311 e. The highest BCUT2D eigenvalue weighted by Crippen LogP contribution is 2.27. The number of carbonyl (C=O) groups excluding carboxylic acids is 2. The minimum Gasteiger partial charge on any atom is -0.452 e. The molecule has 4 heteroatoms. The zero-order chi connectivity index (χ0) is 20.9. The van der Waals surface area contributed by atoms with Crippen LogP contribution in [0.25, 0.3) is 11.1 Å². The second-order valence-corrected chi connectivity index (χ2v) is 7.59. The highest BCUT2D eigenvalue weighted by molar-refractivity contribution is 5.98. The summed E-state index contributed by atoms with van der Waals surface area (Å²) in [5.74, 6) is -0.566. The second-order valence-electron chi connectivity index (χ2n) is 7.59. The van der Waals surface area contributed by atoms with E-state index < -0.39 is 12.1 Å². The highest BCUT2D eigenvalue weighted by atomic mass is 16.5. The molecular weight excluding hydrogens is 374 g/mol. The fourth-order valence-corrected chi connectivity index (χ4v) is 3.88. The average Bonchev–Trinajstić information content (AvgIpc) is 2.79. The first-order chi connectivity index (χ1) is 14.6. The van der Waals surface area contributed by atoms with Crippen LogP contribution in [0.5, 0.6) is 0 Å². The van der Waals surface area contributed by atoms with Gasteiger partial charge in [-0.05, 0) is 48.1 Å². The lowest BCUT2D eigenvalue weighted by Gasteiger charge is -2.31. The SMILES string of the molecule is C[C@H](OC(=O)Cc1ccc(-c2ccccc2)cc1)C(=O)N1CCCc2ccccc21. The van der Waals surface area contributed by atoms with Gasteiger partial charge in [0.25, 0.3) is 5.91 Å². The fraction of sp³-hybridized carbons (Fsp3) is 0.231. The molecule has 0 radical (unpaired) electrons. The molecule has 0 N–H and O–H groups in total. The van der Waals surface area contributed by atoms with E-state index in [1.54, 1.807) is 11.8 Å². The minimum atomic E-state index is -0.813. The summed E-state index contributed by atoms with van der Waals surface area (Å²) in [5.41, 5.74) is 5.18. The Labute approximate surface area is 177 Å². The molecule has 1 atom stereocenters. The number of anilines is 1. The number of ether oxygens (including phenoxy) is 1. The Morgan fingerprint density at radius 2 is 1.57 bits per heavy atom. The number of hydrogen-bond acceptors (Lipinski definition) is 3. The average molecular weight is 399 g/mol. The molecule has 1 heterocycles. The van der Waals surface area contributed by atoms with Crippen molar-refractivity contribution in [1.82, 2.24) is 0 Å². The van der Waals surface area contributed by atoms with Gasteiger partial charge in [-0.2, -0.15) is 0 Å². The van der Waals surface area contributed by atoms with Gasteiger partial charge in [-0.3, -0.25) is 9.59 Å². The van der Waals surface area contributed by atoms with Gasteiger partial charge in [0.15, 0.2) is 6.10 Å². The van der Waals surface area contributed by atoms with Crippen molar-refractivity contribution in [3.05, 3.63) is 90.0 Å². The summed E-state index contributed by atoms with van der Waals surface area (Å²) in [6, 6.07) is 25.9. The Kier molecular flexibility index (Phi) is 5.94. The summed E-state index contributed by atoms with van der Waals surface area (Å²) in [5, 5.41) is 0. The van der Waals surface area contributed by atoms with Gasteiger partial charge in [-0.1, -0.05) is 72.8 Å². The number of aryl methyl sites for hydroxylation is 1. The third-order valence-electron chi connectivity index (χ3n) is 5.44. The Morgan fingerprint density at radius 3 is 2.33 bits per heavy atom. The van der Waals surface area contributed by atoms with Crippen LogP contribution in [0.3, 0.4) is 0 Å². The van der Waals surface area contributed by atoms with Crippen molar-refractivity contribution in [3.63, 3.8) is 0 Å². The van der Waals surface area contributed by atoms with Gasteiger partial charge in [-0.25, -0.2) is 0 Å². The summed E-state index contributed by atoms with van der Waals surface area (Å²) < 4.78 is 5.47. The summed E-state index contributed by atoms with van der Waals surface area (Å²) in [7, 11) is 0. The maximum atomic E-state index is 12.9. The summed E-state index contributed by atoms with van der Waals surface area (Å²) in [6.07, 6.45) is 1.21. The molecule has 0 bridgehead atoms. The predicted octanol–water partition coefficient (Wildman–Crippen LogP) is 4.81. The van der Waals surface area contributed by atoms with Crippen LogP contribution in [-0.2, 0) is 27.2 Å². The maximum absolute atomic E-state index is 12.9. The van der Waals surface area contributed by atoms with Crippen molar-refractivity contribution in [2.45, 2.75) is 32.3 Å². The first kappa shape index (κ1) is 19.9. The van der Waals surface area contributed by atoms with Crippen LogP contribution in [0.4, 0.5) is 5.69 Å². The Bertz CT molecular complexity index is 1030. The molecule has 0 saturated carbocycles. The van der Waals surface area contributed by atoms with Gasteiger partial charge in [0.05, 0.1) is 6.42 Å². The number of nitrogens with zero attached hydrogens (tertiary/aromatic N) is 1. The number of amides is 1. The van der Waals surface area contributed by atoms with E-state index in [1.165, 1.54) is 0 Å². The molecule has 0 fully saturated rings. The van der Waals surface area contributed by atoms with Crippen molar-refractivity contribution in [3.8, 4) is 11.1 Å². The molecule has 3 aromatic rings. The number of para-hydroxylation sites is 1. The van der Waals surface area contributed by atoms with Crippen LogP contribution >= 0.6 is 0 Å². The first-order valence-corrected chi connectivity index (χ1v) is 10.3. The molecule has 30 heavy (non-hydrogen) atoms. The van der Waals surface area contributed by atoms with Gasteiger partial charge in [0.2, 0.25) is 0 Å². The van der Waals surface area contributed by atoms with E-state index in [-0.39, 0.29) is 12.3 Å². The number of fused-ring (bicyclic) bond motifs is 1. The summed E-state index contributed by atoms with van der Waals surface area (Å²) in [6.45, 7) is 2.30. The van der Waals surface area contributed by atoms with E-state index in [1.807, 2.05) is 66.7 Å². The quantitative estimate of drug-likeness (QED) is 0.579. The molecule has 0 aliphatic carbocycles. The Hall–Kier alpha value is -3.40. The van der Waals surface area contributed by atoms with E-state index >= 15 is 0 Å². The Balaban J connectivity index is 1.37. The molecule has 3 aromatic carbocycles. The van der Waals surface area contributed by atoms with Gasteiger partial charge in [-0.15, -0.1) is 0 Å². The summed E-state index contributed by atoms with van der Waals surface area (Å²) in [4.78, 5) is 27.1. The van der Waals surface area contributed by atoms with Crippen LogP contribution in [0.15, 0.2) is 78.9 Å². The number of carbonyl (C=O) groups is 2. The van der Waals surface area contributed by atoms with E-state index in [0.29, 0.717) is 6.54 Å². The molecule has 4 nitrogen and oxygen atoms in total. The number of esters is 1. The highest BCUT2D eigenvalue weighted by Gasteiger charge is 2.28. The molecular formula is C26H25NO3. The summed E-state index contributed by atoms with van der Waals surface area (Å²) >= 11 is 0. The molecule has 1 aliphatic rings.